The number of hydrogen-bond donors (Lipinski definition) is 1. The number of nitrogens with one attached hydrogen (secondary N) is 1. The van der Waals surface area contributed by atoms with E-state index in [1.807, 2.05) is 31.7 Å². The molecule has 3 aromatic heterocycles. The Hall–Kier alpha value is -2.48. The summed E-state index contributed by atoms with van der Waals surface area (Å²) < 4.78 is 2.22. The van der Waals surface area contributed by atoms with Crippen LogP contribution in [0.1, 0.15) is 36.0 Å². The number of imidazole rings is 1. The lowest BCUT2D eigenvalue weighted by molar-refractivity contribution is 0.471. The molecule has 1 N–H and O–H groups in total. The van der Waals surface area contributed by atoms with Gasteiger partial charge >= 0.3 is 0 Å². The minimum absolute atomic E-state index is 0.375. The molecule has 1 unspecified atom stereocenters. The van der Waals surface area contributed by atoms with Crippen molar-refractivity contribution in [1.29, 1.82) is 0 Å². The maximum absolute atomic E-state index is 4.66. The lowest BCUT2D eigenvalue weighted by Crippen LogP contribution is -2.36. The van der Waals surface area contributed by atoms with Gasteiger partial charge in [-0.1, -0.05) is 0 Å². The molecule has 4 rings (SSSR count). The highest BCUT2D eigenvalue weighted by Crippen LogP contribution is 2.28. The van der Waals surface area contributed by atoms with Crippen molar-refractivity contribution < 1.29 is 0 Å². The summed E-state index contributed by atoms with van der Waals surface area (Å²) in [7, 11) is 1.89. The molecule has 136 valence electrons. The predicted octanol–water partition coefficient (Wildman–Crippen LogP) is 2.91. The molecular formula is C18H23N7S. The maximum atomic E-state index is 4.66. The average Bonchev–Trinajstić information content (AvgIpc) is 3.34. The zero-order chi connectivity index (χ0) is 17.9. The highest BCUT2D eigenvalue weighted by Gasteiger charge is 2.26. The van der Waals surface area contributed by atoms with E-state index in [0.717, 1.165) is 61.5 Å². The van der Waals surface area contributed by atoms with Crippen molar-refractivity contribution in [3.05, 3.63) is 46.6 Å². The fraction of sp³-hybridized carbons (Fsp3) is 0.444. The molecule has 7 nitrogen and oxygen atoms in total. The number of anilines is 2. The Labute approximate surface area is 157 Å². The lowest BCUT2D eigenvalue weighted by atomic mass is 9.97. The predicted molar refractivity (Wildman–Crippen MR) is 104 cm³/mol. The van der Waals surface area contributed by atoms with E-state index in [4.69, 9.17) is 0 Å². The molecule has 1 aliphatic heterocycles. The fourth-order valence-corrected chi connectivity index (χ4v) is 4.05. The quantitative estimate of drug-likeness (QED) is 0.746. The van der Waals surface area contributed by atoms with Crippen molar-refractivity contribution in [1.82, 2.24) is 24.5 Å². The number of piperidine rings is 1. The highest BCUT2D eigenvalue weighted by atomic mass is 32.1. The van der Waals surface area contributed by atoms with Gasteiger partial charge in [-0.05, 0) is 19.8 Å². The van der Waals surface area contributed by atoms with Gasteiger partial charge in [0, 0.05) is 55.6 Å². The van der Waals surface area contributed by atoms with E-state index in [1.165, 1.54) is 0 Å². The van der Waals surface area contributed by atoms with E-state index in [-0.39, 0.29) is 0 Å². The van der Waals surface area contributed by atoms with Crippen LogP contribution in [0.25, 0.3) is 0 Å². The van der Waals surface area contributed by atoms with Crippen LogP contribution in [0.3, 0.4) is 0 Å². The Morgan fingerprint density at radius 3 is 3.04 bits per heavy atom. The molecule has 0 saturated carbocycles. The summed E-state index contributed by atoms with van der Waals surface area (Å²) in [5.74, 6) is 3.17. The van der Waals surface area contributed by atoms with Crippen LogP contribution in [0.2, 0.25) is 0 Å². The topological polar surface area (TPSA) is 71.8 Å². The number of aromatic nitrogens is 5. The van der Waals surface area contributed by atoms with Crippen molar-refractivity contribution in [2.24, 2.45) is 0 Å². The van der Waals surface area contributed by atoms with E-state index in [0.29, 0.717) is 5.92 Å². The molecule has 1 fully saturated rings. The van der Waals surface area contributed by atoms with E-state index < -0.39 is 0 Å². The fourth-order valence-electron chi connectivity index (χ4n) is 3.50. The van der Waals surface area contributed by atoms with Gasteiger partial charge in [0.2, 0.25) is 5.95 Å². The first-order valence-corrected chi connectivity index (χ1v) is 9.83. The monoisotopic (exact) mass is 369 g/mol. The molecule has 8 heteroatoms. The SMILES string of the molecule is CNc1cc(C)nc(N2CCCC(c3nccn3Cc3cscn3)C2)n1. The van der Waals surface area contributed by atoms with Crippen LogP contribution >= 0.6 is 11.3 Å². The number of thiazole rings is 1. The van der Waals surface area contributed by atoms with Crippen LogP contribution in [0.4, 0.5) is 11.8 Å². The van der Waals surface area contributed by atoms with Crippen LogP contribution in [0.5, 0.6) is 0 Å². The molecule has 1 atom stereocenters. The van der Waals surface area contributed by atoms with Gasteiger partial charge in [-0.25, -0.2) is 15.0 Å². The van der Waals surface area contributed by atoms with Gasteiger partial charge in [-0.2, -0.15) is 4.98 Å². The molecule has 3 aromatic rings. The first-order valence-electron chi connectivity index (χ1n) is 8.89. The van der Waals surface area contributed by atoms with Gasteiger partial charge in [0.1, 0.15) is 11.6 Å². The molecule has 26 heavy (non-hydrogen) atoms. The van der Waals surface area contributed by atoms with Crippen molar-refractivity contribution in [3.8, 4) is 0 Å². The van der Waals surface area contributed by atoms with E-state index in [2.05, 4.69) is 46.3 Å². The summed E-state index contributed by atoms with van der Waals surface area (Å²) in [5.41, 5.74) is 3.94. The van der Waals surface area contributed by atoms with E-state index >= 15 is 0 Å². The van der Waals surface area contributed by atoms with Gasteiger partial charge in [0.25, 0.3) is 0 Å². The van der Waals surface area contributed by atoms with Crippen LogP contribution < -0.4 is 10.2 Å². The Bertz CT molecular complexity index is 858. The molecule has 4 heterocycles. The number of hydrogen-bond acceptors (Lipinski definition) is 7. The normalized spacial score (nSPS) is 17.5. The standard InChI is InChI=1S/C18H23N7S/c1-13-8-16(19-2)23-18(22-13)25-6-3-4-14(9-25)17-20-5-7-24(17)10-15-11-26-12-21-15/h5,7-8,11-12,14H,3-4,6,9-10H2,1-2H3,(H,19,22,23). The summed E-state index contributed by atoms with van der Waals surface area (Å²) in [5, 5.41) is 5.21. The zero-order valence-electron chi connectivity index (χ0n) is 15.1. The number of nitrogens with zero attached hydrogens (tertiary/aromatic N) is 6. The van der Waals surface area contributed by atoms with Gasteiger partial charge < -0.3 is 14.8 Å². The molecule has 0 aliphatic carbocycles. The van der Waals surface area contributed by atoms with Crippen LogP contribution in [0, 0.1) is 6.92 Å². The van der Waals surface area contributed by atoms with Crippen molar-refractivity contribution in [3.63, 3.8) is 0 Å². The molecule has 0 radical (unpaired) electrons. The summed E-state index contributed by atoms with van der Waals surface area (Å²) in [6, 6.07) is 1.96. The van der Waals surface area contributed by atoms with Crippen LogP contribution in [-0.2, 0) is 6.54 Å². The van der Waals surface area contributed by atoms with Gasteiger partial charge in [-0.15, -0.1) is 11.3 Å². The highest BCUT2D eigenvalue weighted by molar-refractivity contribution is 7.07. The molecular weight excluding hydrogens is 346 g/mol. The third-order valence-electron chi connectivity index (χ3n) is 4.73. The summed E-state index contributed by atoms with van der Waals surface area (Å²) in [6.07, 6.45) is 6.19. The Morgan fingerprint density at radius 2 is 2.23 bits per heavy atom. The molecule has 1 saturated heterocycles. The summed E-state index contributed by atoms with van der Waals surface area (Å²) in [6.45, 7) is 4.66. The first kappa shape index (κ1) is 17.0. The number of rotatable bonds is 5. The van der Waals surface area contributed by atoms with Crippen LogP contribution in [-0.4, -0.2) is 44.6 Å². The first-order chi connectivity index (χ1) is 12.7. The third kappa shape index (κ3) is 3.55. The average molecular weight is 369 g/mol. The second kappa shape index (κ2) is 7.41. The van der Waals surface area contributed by atoms with E-state index in [1.54, 1.807) is 11.3 Å². The Balaban J connectivity index is 1.54. The van der Waals surface area contributed by atoms with Gasteiger partial charge in [-0.3, -0.25) is 0 Å². The Morgan fingerprint density at radius 1 is 1.31 bits per heavy atom. The van der Waals surface area contributed by atoms with Crippen molar-refractivity contribution in [2.75, 3.05) is 30.4 Å². The lowest BCUT2D eigenvalue weighted by Gasteiger charge is -2.33. The molecule has 0 bridgehead atoms. The minimum Gasteiger partial charge on any atom is -0.373 e. The molecule has 1 aliphatic rings. The second-order valence-corrected chi connectivity index (χ2v) is 7.34. The summed E-state index contributed by atoms with van der Waals surface area (Å²) >= 11 is 1.63. The molecule has 0 aromatic carbocycles. The summed E-state index contributed by atoms with van der Waals surface area (Å²) in [4.78, 5) is 20.6. The van der Waals surface area contributed by atoms with E-state index in [9.17, 15) is 0 Å². The largest absolute Gasteiger partial charge is 0.373 e. The van der Waals surface area contributed by atoms with Crippen LogP contribution in [0.15, 0.2) is 29.4 Å². The maximum Gasteiger partial charge on any atom is 0.227 e. The zero-order valence-corrected chi connectivity index (χ0v) is 15.9. The smallest absolute Gasteiger partial charge is 0.227 e. The Kier molecular flexibility index (Phi) is 4.83. The minimum atomic E-state index is 0.375. The third-order valence-corrected chi connectivity index (χ3v) is 5.37. The second-order valence-electron chi connectivity index (χ2n) is 6.62. The van der Waals surface area contributed by atoms with Crippen molar-refractivity contribution in [2.45, 2.75) is 32.2 Å². The molecule has 0 spiro atoms. The molecule has 0 amide bonds. The van der Waals surface area contributed by atoms with Crippen molar-refractivity contribution >= 4 is 23.1 Å². The number of aryl methyl sites for hydroxylation is 1. The van der Waals surface area contributed by atoms with Gasteiger partial charge in [0.05, 0.1) is 17.7 Å². The van der Waals surface area contributed by atoms with Gasteiger partial charge in [0.15, 0.2) is 0 Å².